The number of benzene rings is 1. The van der Waals surface area contributed by atoms with Gasteiger partial charge in [-0.3, -0.25) is 4.79 Å². The first-order valence-corrected chi connectivity index (χ1v) is 8.91. The summed E-state index contributed by atoms with van der Waals surface area (Å²) in [5, 5.41) is 0. The summed E-state index contributed by atoms with van der Waals surface area (Å²) in [5.41, 5.74) is 1.93. The topological polar surface area (TPSA) is 49.6 Å². The molecule has 0 aliphatic heterocycles. The first-order chi connectivity index (χ1) is 13.1. The average Bonchev–Trinajstić information content (AvgIpc) is 3.23. The van der Waals surface area contributed by atoms with Crippen molar-refractivity contribution in [1.82, 2.24) is 4.98 Å². The molecule has 5 nitrogen and oxygen atoms in total. The van der Waals surface area contributed by atoms with Crippen LogP contribution in [0.25, 0.3) is 0 Å². The highest BCUT2D eigenvalue weighted by molar-refractivity contribution is 6.05. The van der Waals surface area contributed by atoms with Gasteiger partial charge in [0, 0.05) is 25.0 Å². The van der Waals surface area contributed by atoms with Gasteiger partial charge in [0.15, 0.2) is 0 Å². The number of nitrogens with zero attached hydrogens (tertiary/aromatic N) is 3. The van der Waals surface area contributed by atoms with Gasteiger partial charge in [-0.15, -0.1) is 0 Å². The van der Waals surface area contributed by atoms with Crippen LogP contribution in [0.4, 0.5) is 15.9 Å². The zero-order chi connectivity index (χ0) is 19.2. The molecule has 0 atom stereocenters. The number of hydrogen-bond donors (Lipinski definition) is 0. The molecule has 2 heterocycles. The van der Waals surface area contributed by atoms with Gasteiger partial charge in [0.05, 0.1) is 18.4 Å². The molecule has 3 rings (SSSR count). The number of pyridine rings is 1. The standard InChI is InChI=1S/C21H22FN3O2/c1-3-24(4-2)20-10-5-16(13-23-20)14-25(19-8-6-18(22)7-9-19)21(26)17-11-12-27-15-17/h5-13,15H,3-4,14H2,1-2H3. The maximum Gasteiger partial charge on any atom is 0.261 e. The molecule has 140 valence electrons. The van der Waals surface area contributed by atoms with Crippen molar-refractivity contribution in [3.05, 3.63) is 78.1 Å². The van der Waals surface area contributed by atoms with Crippen molar-refractivity contribution >= 4 is 17.4 Å². The maximum atomic E-state index is 13.3. The van der Waals surface area contributed by atoms with E-state index in [4.69, 9.17) is 4.42 Å². The molecular weight excluding hydrogens is 345 g/mol. The van der Waals surface area contributed by atoms with E-state index in [0.29, 0.717) is 17.8 Å². The lowest BCUT2D eigenvalue weighted by molar-refractivity contribution is 0.0984. The number of anilines is 2. The molecule has 0 aliphatic rings. The van der Waals surface area contributed by atoms with E-state index >= 15 is 0 Å². The Morgan fingerprint density at radius 3 is 2.37 bits per heavy atom. The van der Waals surface area contributed by atoms with Gasteiger partial charge in [-0.25, -0.2) is 9.37 Å². The van der Waals surface area contributed by atoms with Crippen molar-refractivity contribution in [3.63, 3.8) is 0 Å². The van der Waals surface area contributed by atoms with Crippen molar-refractivity contribution < 1.29 is 13.6 Å². The van der Waals surface area contributed by atoms with E-state index in [1.165, 1.54) is 24.7 Å². The normalized spacial score (nSPS) is 10.6. The Labute approximate surface area is 158 Å². The molecule has 0 spiro atoms. The van der Waals surface area contributed by atoms with Crippen LogP contribution in [0.3, 0.4) is 0 Å². The van der Waals surface area contributed by atoms with Crippen LogP contribution < -0.4 is 9.80 Å². The molecule has 0 saturated carbocycles. The lowest BCUT2D eigenvalue weighted by Crippen LogP contribution is -2.30. The number of rotatable bonds is 7. The number of amides is 1. The lowest BCUT2D eigenvalue weighted by atomic mass is 10.2. The largest absolute Gasteiger partial charge is 0.472 e. The van der Waals surface area contributed by atoms with Crippen LogP contribution in [-0.4, -0.2) is 24.0 Å². The zero-order valence-corrected chi connectivity index (χ0v) is 15.4. The summed E-state index contributed by atoms with van der Waals surface area (Å²) in [7, 11) is 0. The Hall–Kier alpha value is -3.15. The Morgan fingerprint density at radius 1 is 1.07 bits per heavy atom. The molecule has 3 aromatic rings. The smallest absolute Gasteiger partial charge is 0.261 e. The minimum Gasteiger partial charge on any atom is -0.472 e. The first kappa shape index (κ1) is 18.6. The van der Waals surface area contributed by atoms with E-state index in [-0.39, 0.29) is 11.7 Å². The second-order valence-corrected chi connectivity index (χ2v) is 6.08. The summed E-state index contributed by atoms with van der Waals surface area (Å²) in [6, 6.07) is 11.4. The van der Waals surface area contributed by atoms with Gasteiger partial charge in [0.2, 0.25) is 0 Å². The SMILES string of the molecule is CCN(CC)c1ccc(CN(C(=O)c2ccoc2)c2ccc(F)cc2)cn1. The summed E-state index contributed by atoms with van der Waals surface area (Å²) < 4.78 is 18.3. The number of carbonyl (C=O) groups is 1. The summed E-state index contributed by atoms with van der Waals surface area (Å²) in [6.45, 7) is 6.24. The zero-order valence-electron chi connectivity index (χ0n) is 15.4. The number of hydrogen-bond acceptors (Lipinski definition) is 4. The molecule has 1 aromatic carbocycles. The van der Waals surface area contributed by atoms with Crippen molar-refractivity contribution in [1.29, 1.82) is 0 Å². The van der Waals surface area contributed by atoms with Crippen molar-refractivity contribution in [2.45, 2.75) is 20.4 Å². The molecule has 0 N–H and O–H groups in total. The highest BCUT2D eigenvalue weighted by Crippen LogP contribution is 2.22. The quantitative estimate of drug-likeness (QED) is 0.617. The molecule has 2 aromatic heterocycles. The van der Waals surface area contributed by atoms with Gasteiger partial charge in [0.1, 0.15) is 17.9 Å². The monoisotopic (exact) mass is 367 g/mol. The second-order valence-electron chi connectivity index (χ2n) is 6.08. The van der Waals surface area contributed by atoms with E-state index in [2.05, 4.69) is 23.7 Å². The Bertz CT molecular complexity index is 857. The fraction of sp³-hybridized carbons (Fsp3) is 0.238. The Balaban J connectivity index is 1.87. The predicted molar refractivity (Wildman–Crippen MR) is 103 cm³/mol. The first-order valence-electron chi connectivity index (χ1n) is 8.91. The molecule has 0 radical (unpaired) electrons. The third-order valence-electron chi connectivity index (χ3n) is 4.39. The molecule has 0 fully saturated rings. The van der Waals surface area contributed by atoms with Gasteiger partial charge in [-0.1, -0.05) is 6.07 Å². The Kier molecular flexibility index (Phi) is 5.86. The van der Waals surface area contributed by atoms with E-state index in [9.17, 15) is 9.18 Å². The van der Waals surface area contributed by atoms with Crippen LogP contribution in [0.1, 0.15) is 29.8 Å². The highest BCUT2D eigenvalue weighted by Gasteiger charge is 2.19. The fourth-order valence-electron chi connectivity index (χ4n) is 2.87. The minimum absolute atomic E-state index is 0.219. The van der Waals surface area contributed by atoms with Crippen molar-refractivity contribution in [2.75, 3.05) is 22.9 Å². The Morgan fingerprint density at radius 2 is 1.81 bits per heavy atom. The summed E-state index contributed by atoms with van der Waals surface area (Å²) in [5.74, 6) is 0.334. The van der Waals surface area contributed by atoms with Gasteiger partial charge >= 0.3 is 0 Å². The lowest BCUT2D eigenvalue weighted by Gasteiger charge is -2.23. The van der Waals surface area contributed by atoms with E-state index < -0.39 is 0 Å². The molecule has 1 amide bonds. The summed E-state index contributed by atoms with van der Waals surface area (Å²) >= 11 is 0. The highest BCUT2D eigenvalue weighted by atomic mass is 19.1. The minimum atomic E-state index is -0.347. The third kappa shape index (κ3) is 4.34. The van der Waals surface area contributed by atoms with E-state index in [1.807, 2.05) is 12.1 Å². The van der Waals surface area contributed by atoms with Crippen LogP contribution in [0.5, 0.6) is 0 Å². The van der Waals surface area contributed by atoms with Gasteiger partial charge in [0.25, 0.3) is 5.91 Å². The van der Waals surface area contributed by atoms with Crippen LogP contribution in [-0.2, 0) is 6.54 Å². The van der Waals surface area contributed by atoms with Crippen LogP contribution >= 0.6 is 0 Å². The number of halogens is 1. The number of aromatic nitrogens is 1. The third-order valence-corrected chi connectivity index (χ3v) is 4.39. The molecule has 0 saturated heterocycles. The van der Waals surface area contributed by atoms with E-state index in [1.54, 1.807) is 29.3 Å². The average molecular weight is 367 g/mol. The summed E-state index contributed by atoms with van der Waals surface area (Å²) in [6.07, 6.45) is 4.63. The van der Waals surface area contributed by atoms with Gasteiger partial charge in [-0.2, -0.15) is 0 Å². The van der Waals surface area contributed by atoms with Crippen molar-refractivity contribution in [2.24, 2.45) is 0 Å². The number of furan rings is 1. The molecule has 0 bridgehead atoms. The van der Waals surface area contributed by atoms with Crippen LogP contribution in [0.2, 0.25) is 0 Å². The van der Waals surface area contributed by atoms with Crippen LogP contribution in [0, 0.1) is 5.82 Å². The molecule has 6 heteroatoms. The molecule has 0 aliphatic carbocycles. The van der Waals surface area contributed by atoms with Gasteiger partial charge < -0.3 is 14.2 Å². The maximum absolute atomic E-state index is 13.3. The van der Waals surface area contributed by atoms with E-state index in [0.717, 1.165) is 24.5 Å². The van der Waals surface area contributed by atoms with Crippen LogP contribution in [0.15, 0.2) is 65.6 Å². The molecular formula is C21H22FN3O2. The molecule has 0 unspecified atom stereocenters. The number of carbonyl (C=O) groups excluding carboxylic acids is 1. The fourth-order valence-corrected chi connectivity index (χ4v) is 2.87. The van der Waals surface area contributed by atoms with Gasteiger partial charge in [-0.05, 0) is 55.8 Å². The van der Waals surface area contributed by atoms with Crippen molar-refractivity contribution in [3.8, 4) is 0 Å². The molecule has 27 heavy (non-hydrogen) atoms. The summed E-state index contributed by atoms with van der Waals surface area (Å²) in [4.78, 5) is 21.2. The predicted octanol–water partition coefficient (Wildman–Crippen LogP) is 4.51. The second kappa shape index (κ2) is 8.49.